The average molecular weight is 411 g/mol. The zero-order valence-corrected chi connectivity index (χ0v) is 15.5. The van der Waals surface area contributed by atoms with Gasteiger partial charge in [-0.05, 0) is 41.1 Å². The summed E-state index contributed by atoms with van der Waals surface area (Å²) in [4.78, 5) is 25.8. The van der Waals surface area contributed by atoms with Crippen LogP contribution >= 0.6 is 27.3 Å². The number of aryl methyl sites for hydroxylation is 1. The molecule has 122 valence electrons. The molecule has 0 amide bonds. The predicted molar refractivity (Wildman–Crippen MR) is 104 cm³/mol. The molecule has 1 N–H and O–H groups in total. The van der Waals surface area contributed by atoms with E-state index in [1.54, 1.807) is 10.6 Å². The number of aromatic amines is 1. The molecule has 0 radical (unpaired) electrons. The number of thiazole rings is 1. The number of para-hydroxylation sites is 1. The number of hydrogen-bond donors (Lipinski definition) is 1. The van der Waals surface area contributed by atoms with E-state index in [0.29, 0.717) is 20.7 Å². The third kappa shape index (κ3) is 2.16. The van der Waals surface area contributed by atoms with Gasteiger partial charge in [-0.3, -0.25) is 4.79 Å². The van der Waals surface area contributed by atoms with Crippen molar-refractivity contribution >= 4 is 60.4 Å². The van der Waals surface area contributed by atoms with Crippen LogP contribution in [-0.4, -0.2) is 19.4 Å². The standard InChI is InChI=1S/C18H11BrN4OS/c1-9-12(11-4-2-3-5-13(11)21-9)7-15-17(24)23-16-14(22-18(23)25-15)6-10(19)8-20-16/h2-8,21H,1H3. The molecule has 4 heterocycles. The minimum atomic E-state index is -0.0815. The smallest absolute Gasteiger partial charge is 0.276 e. The molecule has 0 bridgehead atoms. The zero-order chi connectivity index (χ0) is 17.1. The minimum Gasteiger partial charge on any atom is -0.358 e. The minimum absolute atomic E-state index is 0.0815. The van der Waals surface area contributed by atoms with Crippen molar-refractivity contribution in [2.75, 3.05) is 0 Å². The van der Waals surface area contributed by atoms with Gasteiger partial charge in [0.05, 0.1) is 4.53 Å². The summed E-state index contributed by atoms with van der Waals surface area (Å²) in [6, 6.07) is 9.96. The van der Waals surface area contributed by atoms with Crippen LogP contribution in [-0.2, 0) is 0 Å². The molecule has 0 atom stereocenters. The molecule has 0 unspecified atom stereocenters. The van der Waals surface area contributed by atoms with E-state index >= 15 is 0 Å². The normalized spacial score (nSPS) is 12.8. The van der Waals surface area contributed by atoms with Gasteiger partial charge >= 0.3 is 0 Å². The fraction of sp³-hybridized carbons (Fsp3) is 0.0556. The predicted octanol–water partition coefficient (Wildman–Crippen LogP) is 3.40. The van der Waals surface area contributed by atoms with Gasteiger partial charge in [0.25, 0.3) is 5.56 Å². The molecular weight excluding hydrogens is 400 g/mol. The van der Waals surface area contributed by atoms with Crippen molar-refractivity contribution < 1.29 is 0 Å². The Morgan fingerprint density at radius 3 is 3.04 bits per heavy atom. The Kier molecular flexibility index (Phi) is 3.10. The second kappa shape index (κ2) is 5.24. The fourth-order valence-electron chi connectivity index (χ4n) is 3.13. The fourth-order valence-corrected chi connectivity index (χ4v) is 4.41. The number of H-pyrrole nitrogens is 1. The van der Waals surface area contributed by atoms with Crippen LogP contribution in [0, 0.1) is 6.92 Å². The second-order valence-electron chi connectivity index (χ2n) is 5.85. The lowest BCUT2D eigenvalue weighted by atomic mass is 10.1. The molecule has 5 rings (SSSR count). The van der Waals surface area contributed by atoms with Crippen molar-refractivity contribution in [3.63, 3.8) is 0 Å². The number of benzene rings is 1. The third-order valence-corrected chi connectivity index (χ3v) is 5.67. The molecule has 0 aliphatic heterocycles. The van der Waals surface area contributed by atoms with Gasteiger partial charge < -0.3 is 4.98 Å². The highest BCUT2D eigenvalue weighted by Crippen LogP contribution is 2.23. The van der Waals surface area contributed by atoms with Crippen molar-refractivity contribution in [2.45, 2.75) is 6.92 Å². The van der Waals surface area contributed by atoms with Gasteiger partial charge in [-0.2, -0.15) is 0 Å². The first kappa shape index (κ1) is 14.8. The Labute approximate surface area is 153 Å². The molecule has 0 fully saturated rings. The van der Waals surface area contributed by atoms with Crippen LogP contribution in [0.5, 0.6) is 0 Å². The summed E-state index contributed by atoms with van der Waals surface area (Å²) in [6.07, 6.45) is 3.63. The van der Waals surface area contributed by atoms with Gasteiger partial charge in [0.1, 0.15) is 5.52 Å². The van der Waals surface area contributed by atoms with E-state index < -0.39 is 0 Å². The zero-order valence-electron chi connectivity index (χ0n) is 13.1. The maximum atomic E-state index is 12.9. The first-order valence-corrected chi connectivity index (χ1v) is 9.28. The van der Waals surface area contributed by atoms with Gasteiger partial charge in [0, 0.05) is 32.8 Å². The number of halogens is 1. The summed E-state index contributed by atoms with van der Waals surface area (Å²) >= 11 is 4.77. The average Bonchev–Trinajstić information content (AvgIpc) is 3.20. The van der Waals surface area contributed by atoms with Gasteiger partial charge in [0.2, 0.25) is 0 Å². The van der Waals surface area contributed by atoms with Crippen LogP contribution in [0.15, 0.2) is 45.8 Å². The van der Waals surface area contributed by atoms with Crippen LogP contribution in [0.4, 0.5) is 0 Å². The molecule has 5 nitrogen and oxygen atoms in total. The number of imidazole rings is 1. The van der Waals surface area contributed by atoms with Crippen LogP contribution in [0.1, 0.15) is 11.3 Å². The molecule has 4 aromatic heterocycles. The number of fused-ring (bicyclic) bond motifs is 4. The molecule has 0 aliphatic rings. The van der Waals surface area contributed by atoms with Crippen molar-refractivity contribution in [1.82, 2.24) is 19.4 Å². The Hall–Kier alpha value is -2.51. The summed E-state index contributed by atoms with van der Waals surface area (Å²) < 4.78 is 3.09. The molecule has 7 heteroatoms. The van der Waals surface area contributed by atoms with E-state index in [1.165, 1.54) is 11.3 Å². The quantitative estimate of drug-likeness (QED) is 0.460. The molecule has 0 saturated heterocycles. The molecule has 0 aliphatic carbocycles. The van der Waals surface area contributed by atoms with Crippen LogP contribution < -0.4 is 10.1 Å². The van der Waals surface area contributed by atoms with Crippen molar-refractivity contribution in [3.8, 4) is 0 Å². The highest BCUT2D eigenvalue weighted by molar-refractivity contribution is 9.10. The molecule has 1 aromatic carbocycles. The second-order valence-corrected chi connectivity index (χ2v) is 7.78. The number of hydrogen-bond acceptors (Lipinski definition) is 4. The van der Waals surface area contributed by atoms with Crippen LogP contribution in [0.3, 0.4) is 0 Å². The summed E-state index contributed by atoms with van der Waals surface area (Å²) in [6.45, 7) is 2.02. The first-order chi connectivity index (χ1) is 12.1. The van der Waals surface area contributed by atoms with Gasteiger partial charge in [0.15, 0.2) is 10.6 Å². The molecule has 0 saturated carbocycles. The number of aromatic nitrogens is 4. The van der Waals surface area contributed by atoms with E-state index in [1.807, 2.05) is 37.3 Å². The monoisotopic (exact) mass is 410 g/mol. The van der Waals surface area contributed by atoms with Gasteiger partial charge in [-0.25, -0.2) is 14.4 Å². The summed E-state index contributed by atoms with van der Waals surface area (Å²) in [5.41, 5.74) is 4.37. The Morgan fingerprint density at radius 1 is 1.32 bits per heavy atom. The molecule has 5 aromatic rings. The number of nitrogens with zero attached hydrogens (tertiary/aromatic N) is 3. The van der Waals surface area contributed by atoms with Gasteiger partial charge in [-0.1, -0.05) is 29.5 Å². The van der Waals surface area contributed by atoms with E-state index in [2.05, 4.69) is 36.9 Å². The first-order valence-electron chi connectivity index (χ1n) is 7.67. The van der Waals surface area contributed by atoms with E-state index in [0.717, 1.165) is 26.6 Å². The van der Waals surface area contributed by atoms with Crippen LogP contribution in [0.2, 0.25) is 0 Å². The lowest BCUT2D eigenvalue weighted by Crippen LogP contribution is -2.23. The van der Waals surface area contributed by atoms with Crippen molar-refractivity contribution in [3.05, 3.63) is 67.1 Å². The Morgan fingerprint density at radius 2 is 2.16 bits per heavy atom. The largest absolute Gasteiger partial charge is 0.358 e. The lowest BCUT2D eigenvalue weighted by Gasteiger charge is -1.92. The highest BCUT2D eigenvalue weighted by atomic mass is 79.9. The Bertz CT molecular complexity index is 1400. The molecular formula is C18H11BrN4OS. The van der Waals surface area contributed by atoms with Crippen molar-refractivity contribution in [2.24, 2.45) is 0 Å². The number of nitrogens with one attached hydrogen (secondary N) is 1. The highest BCUT2D eigenvalue weighted by Gasteiger charge is 2.13. The van der Waals surface area contributed by atoms with E-state index in [9.17, 15) is 4.79 Å². The number of rotatable bonds is 1. The SMILES string of the molecule is Cc1[nH]c2ccccc2c1C=c1sc2nc3cc(Br)cnc3n2c1=O. The van der Waals surface area contributed by atoms with Gasteiger partial charge in [-0.15, -0.1) is 0 Å². The summed E-state index contributed by atoms with van der Waals surface area (Å²) in [5, 5.41) is 1.11. The number of pyridine rings is 1. The summed E-state index contributed by atoms with van der Waals surface area (Å²) in [5.74, 6) is 0. The molecule has 0 spiro atoms. The van der Waals surface area contributed by atoms with E-state index in [4.69, 9.17) is 0 Å². The Balaban J connectivity index is 1.83. The lowest BCUT2D eigenvalue weighted by molar-refractivity contribution is 1.15. The maximum Gasteiger partial charge on any atom is 0.276 e. The maximum absolute atomic E-state index is 12.9. The third-order valence-electron chi connectivity index (χ3n) is 4.27. The van der Waals surface area contributed by atoms with Crippen molar-refractivity contribution in [1.29, 1.82) is 0 Å². The molecule has 25 heavy (non-hydrogen) atoms. The van der Waals surface area contributed by atoms with Crippen LogP contribution in [0.25, 0.3) is 33.1 Å². The summed E-state index contributed by atoms with van der Waals surface area (Å²) in [7, 11) is 0. The topological polar surface area (TPSA) is 63.1 Å². The van der Waals surface area contributed by atoms with E-state index in [-0.39, 0.29) is 5.56 Å².